The van der Waals surface area contributed by atoms with Gasteiger partial charge in [-0.2, -0.15) is 17.0 Å². The van der Waals surface area contributed by atoms with Crippen molar-refractivity contribution in [2.45, 2.75) is 38.6 Å². The van der Waals surface area contributed by atoms with E-state index in [1.165, 1.54) is 12.8 Å². The van der Waals surface area contributed by atoms with Crippen LogP contribution in [0.1, 0.15) is 32.6 Å². The number of hydrogen-bond acceptors (Lipinski definition) is 3. The van der Waals surface area contributed by atoms with E-state index in [1.54, 1.807) is 8.61 Å². The van der Waals surface area contributed by atoms with Crippen molar-refractivity contribution in [1.29, 1.82) is 0 Å². The number of fused-ring (bicyclic) bond motifs is 1. The van der Waals surface area contributed by atoms with E-state index >= 15 is 0 Å². The van der Waals surface area contributed by atoms with Crippen LogP contribution in [-0.2, 0) is 10.2 Å². The smallest absolute Gasteiger partial charge is 0.282 e. The van der Waals surface area contributed by atoms with Crippen molar-refractivity contribution >= 4 is 10.2 Å². The summed E-state index contributed by atoms with van der Waals surface area (Å²) in [5, 5.41) is 3.47. The normalized spacial score (nSPS) is 35.4. The van der Waals surface area contributed by atoms with Crippen molar-refractivity contribution in [3.05, 3.63) is 0 Å². The van der Waals surface area contributed by atoms with Crippen LogP contribution in [-0.4, -0.2) is 55.8 Å². The zero-order valence-corrected chi connectivity index (χ0v) is 12.5. The van der Waals surface area contributed by atoms with Gasteiger partial charge in [-0.15, -0.1) is 0 Å². The van der Waals surface area contributed by atoms with Crippen molar-refractivity contribution in [2.75, 3.05) is 32.7 Å². The summed E-state index contributed by atoms with van der Waals surface area (Å²) in [4.78, 5) is 0. The van der Waals surface area contributed by atoms with Gasteiger partial charge in [-0.05, 0) is 44.1 Å². The van der Waals surface area contributed by atoms with Crippen LogP contribution in [0, 0.1) is 11.8 Å². The molecule has 3 aliphatic rings. The van der Waals surface area contributed by atoms with Gasteiger partial charge in [-0.3, -0.25) is 0 Å². The van der Waals surface area contributed by atoms with E-state index in [0.29, 0.717) is 44.1 Å². The molecule has 2 atom stereocenters. The Kier molecular flexibility index (Phi) is 3.86. The molecule has 0 aromatic carbocycles. The van der Waals surface area contributed by atoms with Crippen molar-refractivity contribution in [3.8, 4) is 0 Å². The molecule has 3 aliphatic heterocycles. The molecule has 3 saturated heterocycles. The minimum atomic E-state index is -3.22. The molecule has 0 aromatic heterocycles. The Labute approximate surface area is 116 Å². The van der Waals surface area contributed by atoms with Crippen LogP contribution in [0.3, 0.4) is 0 Å². The van der Waals surface area contributed by atoms with Crippen LogP contribution in [0.5, 0.6) is 0 Å². The third kappa shape index (κ3) is 2.68. The molecular weight excluding hydrogens is 262 g/mol. The lowest BCUT2D eigenvalue weighted by Crippen LogP contribution is -2.47. The zero-order valence-electron chi connectivity index (χ0n) is 11.7. The topological polar surface area (TPSA) is 52.7 Å². The molecule has 5 nitrogen and oxygen atoms in total. The summed E-state index contributed by atoms with van der Waals surface area (Å²) in [6.45, 7) is 6.02. The molecule has 0 spiro atoms. The summed E-state index contributed by atoms with van der Waals surface area (Å²) >= 11 is 0. The minimum absolute atomic E-state index is 0.382. The molecule has 3 rings (SSSR count). The molecule has 2 unspecified atom stereocenters. The molecule has 19 heavy (non-hydrogen) atoms. The fourth-order valence-corrected chi connectivity index (χ4v) is 5.30. The Morgan fingerprint density at radius 3 is 2.47 bits per heavy atom. The highest BCUT2D eigenvalue weighted by atomic mass is 32.2. The van der Waals surface area contributed by atoms with E-state index in [1.807, 2.05) is 0 Å². The maximum absolute atomic E-state index is 12.7. The second-order valence-corrected chi connectivity index (χ2v) is 8.30. The molecule has 0 aliphatic carbocycles. The summed E-state index contributed by atoms with van der Waals surface area (Å²) in [6, 6.07) is 0.382. The molecular formula is C13H25N3O2S. The third-order valence-electron chi connectivity index (χ3n) is 4.96. The van der Waals surface area contributed by atoms with Crippen LogP contribution in [0.4, 0.5) is 0 Å². The standard InChI is InChI=1S/C13H25N3O2S/c1-11-4-7-15(8-5-11)19(17,18)16-9-12-3-2-6-14-13(12)10-16/h11-14H,2-10H2,1H3. The number of nitrogens with one attached hydrogen (secondary N) is 1. The predicted molar refractivity (Wildman–Crippen MR) is 75.0 cm³/mol. The highest BCUT2D eigenvalue weighted by Crippen LogP contribution is 2.29. The van der Waals surface area contributed by atoms with Gasteiger partial charge < -0.3 is 5.32 Å². The Bertz CT molecular complexity index is 404. The van der Waals surface area contributed by atoms with Crippen molar-refractivity contribution in [3.63, 3.8) is 0 Å². The first-order valence-corrected chi connectivity index (χ1v) is 8.95. The Morgan fingerprint density at radius 1 is 1.05 bits per heavy atom. The molecule has 3 fully saturated rings. The Balaban J connectivity index is 1.67. The molecule has 110 valence electrons. The largest absolute Gasteiger partial charge is 0.312 e. The maximum Gasteiger partial charge on any atom is 0.282 e. The summed E-state index contributed by atoms with van der Waals surface area (Å²) in [5.41, 5.74) is 0. The van der Waals surface area contributed by atoms with E-state index in [-0.39, 0.29) is 0 Å². The van der Waals surface area contributed by atoms with E-state index in [9.17, 15) is 8.42 Å². The third-order valence-corrected chi connectivity index (χ3v) is 6.93. The monoisotopic (exact) mass is 287 g/mol. The first kappa shape index (κ1) is 13.8. The number of piperidine rings is 2. The summed E-state index contributed by atoms with van der Waals surface area (Å²) in [6.07, 6.45) is 4.34. The van der Waals surface area contributed by atoms with Gasteiger partial charge in [0.25, 0.3) is 10.2 Å². The maximum atomic E-state index is 12.7. The van der Waals surface area contributed by atoms with Crippen LogP contribution < -0.4 is 5.32 Å². The second kappa shape index (κ2) is 5.31. The van der Waals surface area contributed by atoms with Gasteiger partial charge in [0.2, 0.25) is 0 Å². The molecule has 0 radical (unpaired) electrons. The highest BCUT2D eigenvalue weighted by Gasteiger charge is 2.42. The van der Waals surface area contributed by atoms with Crippen molar-refractivity contribution in [1.82, 2.24) is 13.9 Å². The first-order valence-electron chi connectivity index (χ1n) is 7.56. The van der Waals surface area contributed by atoms with Gasteiger partial charge in [0, 0.05) is 32.2 Å². The van der Waals surface area contributed by atoms with E-state index in [0.717, 1.165) is 19.4 Å². The highest BCUT2D eigenvalue weighted by molar-refractivity contribution is 7.86. The summed E-state index contributed by atoms with van der Waals surface area (Å²) in [5.74, 6) is 1.18. The summed E-state index contributed by atoms with van der Waals surface area (Å²) < 4.78 is 28.7. The molecule has 3 heterocycles. The lowest BCUT2D eigenvalue weighted by atomic mass is 9.94. The number of hydrogen-bond donors (Lipinski definition) is 1. The van der Waals surface area contributed by atoms with E-state index in [4.69, 9.17) is 0 Å². The lowest BCUT2D eigenvalue weighted by molar-refractivity contribution is 0.269. The fraction of sp³-hybridized carbons (Fsp3) is 1.00. The van der Waals surface area contributed by atoms with Crippen molar-refractivity contribution < 1.29 is 8.42 Å². The van der Waals surface area contributed by atoms with Gasteiger partial charge >= 0.3 is 0 Å². The van der Waals surface area contributed by atoms with Gasteiger partial charge in [0.1, 0.15) is 0 Å². The number of nitrogens with zero attached hydrogens (tertiary/aromatic N) is 2. The Hall–Kier alpha value is -0.170. The van der Waals surface area contributed by atoms with Gasteiger partial charge in [-0.1, -0.05) is 6.92 Å². The van der Waals surface area contributed by atoms with Gasteiger partial charge in [0.05, 0.1) is 0 Å². The second-order valence-electron chi connectivity index (χ2n) is 6.37. The van der Waals surface area contributed by atoms with Crippen LogP contribution in [0.25, 0.3) is 0 Å². The van der Waals surface area contributed by atoms with Crippen LogP contribution in [0.2, 0.25) is 0 Å². The molecule has 0 aromatic rings. The minimum Gasteiger partial charge on any atom is -0.312 e. The fourth-order valence-electron chi connectivity index (χ4n) is 3.57. The zero-order chi connectivity index (χ0) is 13.5. The van der Waals surface area contributed by atoms with Crippen LogP contribution >= 0.6 is 0 Å². The first-order chi connectivity index (χ1) is 9.07. The molecule has 1 N–H and O–H groups in total. The Morgan fingerprint density at radius 2 is 1.79 bits per heavy atom. The summed E-state index contributed by atoms with van der Waals surface area (Å²) in [7, 11) is -3.22. The van der Waals surface area contributed by atoms with Gasteiger partial charge in [-0.25, -0.2) is 0 Å². The van der Waals surface area contributed by atoms with Gasteiger partial charge in [0.15, 0.2) is 0 Å². The average Bonchev–Trinajstić information content (AvgIpc) is 2.83. The predicted octanol–water partition coefficient (Wildman–Crippen LogP) is 0.647. The molecule has 0 bridgehead atoms. The average molecular weight is 287 g/mol. The van der Waals surface area contributed by atoms with E-state index < -0.39 is 10.2 Å². The van der Waals surface area contributed by atoms with Crippen molar-refractivity contribution in [2.24, 2.45) is 11.8 Å². The number of rotatable bonds is 2. The quantitative estimate of drug-likeness (QED) is 0.811. The van der Waals surface area contributed by atoms with E-state index in [2.05, 4.69) is 12.2 Å². The molecule has 0 amide bonds. The lowest BCUT2D eigenvalue weighted by Gasteiger charge is -2.32. The SMILES string of the molecule is CC1CCN(S(=O)(=O)N2CC3CCCNC3C2)CC1. The molecule has 6 heteroatoms. The van der Waals surface area contributed by atoms with Crippen LogP contribution in [0.15, 0.2) is 0 Å². The molecule has 0 saturated carbocycles.